The Bertz CT molecular complexity index is 576. The van der Waals surface area contributed by atoms with Crippen LogP contribution in [0.4, 0.5) is 0 Å². The van der Waals surface area contributed by atoms with Crippen LogP contribution in [0.3, 0.4) is 0 Å². The maximum Gasteiger partial charge on any atom is 0.155 e. The summed E-state index contributed by atoms with van der Waals surface area (Å²) in [6.07, 6.45) is 4.67. The first kappa shape index (κ1) is 15.6. The van der Waals surface area contributed by atoms with Crippen molar-refractivity contribution in [2.45, 2.75) is 53.0 Å². The van der Waals surface area contributed by atoms with E-state index >= 15 is 0 Å². The summed E-state index contributed by atoms with van der Waals surface area (Å²) in [6, 6.07) is 4.46. The van der Waals surface area contributed by atoms with E-state index < -0.39 is 0 Å². The number of aryl methyl sites for hydroxylation is 2. The molecule has 0 aromatic carbocycles. The van der Waals surface area contributed by atoms with Crippen molar-refractivity contribution in [3.05, 3.63) is 35.5 Å². The Kier molecular flexibility index (Phi) is 5.44. The number of hydrogen-bond acceptors (Lipinski definition) is 4. The van der Waals surface area contributed by atoms with E-state index in [0.29, 0.717) is 6.04 Å². The molecule has 0 spiro atoms. The second-order valence-electron chi connectivity index (χ2n) is 5.19. The van der Waals surface area contributed by atoms with E-state index in [1.54, 1.807) is 0 Å². The average Bonchev–Trinajstić information content (AvgIpc) is 2.96. The predicted octanol–water partition coefficient (Wildman–Crippen LogP) is 2.85. The normalized spacial score (nSPS) is 12.6. The second kappa shape index (κ2) is 7.31. The summed E-state index contributed by atoms with van der Waals surface area (Å²) >= 11 is 0. The van der Waals surface area contributed by atoms with Crippen molar-refractivity contribution in [1.29, 1.82) is 0 Å². The lowest BCUT2D eigenvalue weighted by molar-refractivity contribution is 0.569. The summed E-state index contributed by atoms with van der Waals surface area (Å²) in [7, 11) is 0. The first-order valence-corrected chi connectivity index (χ1v) is 7.84. The van der Waals surface area contributed by atoms with Crippen molar-refractivity contribution in [2.75, 3.05) is 6.54 Å². The Balaban J connectivity index is 2.30. The lowest BCUT2D eigenvalue weighted by Crippen LogP contribution is -2.19. The van der Waals surface area contributed by atoms with Gasteiger partial charge in [-0.3, -0.25) is 0 Å². The summed E-state index contributed by atoms with van der Waals surface area (Å²) in [4.78, 5) is 9.01. The van der Waals surface area contributed by atoms with Crippen LogP contribution in [0.15, 0.2) is 18.3 Å². The maximum atomic E-state index is 4.56. The standard InChI is InChI=1S/C16H25N5/c1-5-9-17-12(4)13-8-10-18-16(11-13)21-15(7-3)19-14(6-2)20-21/h8,10-12,17H,5-7,9H2,1-4H3. The Morgan fingerprint density at radius 2 is 2.05 bits per heavy atom. The molecule has 1 unspecified atom stereocenters. The second-order valence-corrected chi connectivity index (χ2v) is 5.19. The van der Waals surface area contributed by atoms with Crippen LogP contribution in [0.5, 0.6) is 0 Å². The zero-order chi connectivity index (χ0) is 15.2. The Morgan fingerprint density at radius 1 is 1.24 bits per heavy atom. The predicted molar refractivity (Wildman–Crippen MR) is 84.6 cm³/mol. The largest absolute Gasteiger partial charge is 0.310 e. The average molecular weight is 287 g/mol. The van der Waals surface area contributed by atoms with Gasteiger partial charge >= 0.3 is 0 Å². The van der Waals surface area contributed by atoms with E-state index in [2.05, 4.69) is 60.2 Å². The highest BCUT2D eigenvalue weighted by Gasteiger charge is 2.12. The molecule has 2 rings (SSSR count). The molecule has 0 aliphatic rings. The third-order valence-electron chi connectivity index (χ3n) is 3.54. The van der Waals surface area contributed by atoms with Gasteiger partial charge in [-0.2, -0.15) is 4.68 Å². The van der Waals surface area contributed by atoms with Crippen LogP contribution in [0.25, 0.3) is 5.82 Å². The SMILES string of the molecule is CCCNC(C)c1ccnc(-n2nc(CC)nc2CC)c1. The molecule has 0 fully saturated rings. The number of rotatable bonds is 7. The van der Waals surface area contributed by atoms with Gasteiger partial charge in [0.05, 0.1) is 0 Å². The monoisotopic (exact) mass is 287 g/mol. The van der Waals surface area contributed by atoms with Gasteiger partial charge in [-0.25, -0.2) is 9.97 Å². The minimum atomic E-state index is 0.311. The number of hydrogen-bond donors (Lipinski definition) is 1. The van der Waals surface area contributed by atoms with Crippen molar-refractivity contribution in [3.63, 3.8) is 0 Å². The third-order valence-corrected chi connectivity index (χ3v) is 3.54. The molecule has 0 amide bonds. The molecular formula is C16H25N5. The van der Waals surface area contributed by atoms with Gasteiger partial charge in [0.1, 0.15) is 5.82 Å². The van der Waals surface area contributed by atoms with E-state index in [4.69, 9.17) is 0 Å². The van der Waals surface area contributed by atoms with Gasteiger partial charge in [-0.1, -0.05) is 20.8 Å². The van der Waals surface area contributed by atoms with Crippen LogP contribution < -0.4 is 5.32 Å². The van der Waals surface area contributed by atoms with E-state index in [-0.39, 0.29) is 0 Å². The highest BCUT2D eigenvalue weighted by atomic mass is 15.4. The van der Waals surface area contributed by atoms with Crippen LogP contribution in [0.2, 0.25) is 0 Å². The number of nitrogens with zero attached hydrogens (tertiary/aromatic N) is 4. The molecule has 2 aromatic rings. The van der Waals surface area contributed by atoms with Gasteiger partial charge in [0.15, 0.2) is 11.6 Å². The van der Waals surface area contributed by atoms with Crippen LogP contribution in [0, 0.1) is 0 Å². The first-order valence-electron chi connectivity index (χ1n) is 7.84. The molecule has 2 heterocycles. The molecule has 1 atom stereocenters. The van der Waals surface area contributed by atoms with E-state index in [9.17, 15) is 0 Å². The van der Waals surface area contributed by atoms with Crippen molar-refractivity contribution >= 4 is 0 Å². The maximum absolute atomic E-state index is 4.56. The summed E-state index contributed by atoms with van der Waals surface area (Å²) in [5, 5.41) is 8.05. The Labute approximate surface area is 126 Å². The zero-order valence-electron chi connectivity index (χ0n) is 13.4. The fraction of sp³-hybridized carbons (Fsp3) is 0.562. The number of pyridine rings is 1. The van der Waals surface area contributed by atoms with E-state index in [1.807, 2.05) is 10.9 Å². The van der Waals surface area contributed by atoms with Gasteiger partial charge in [0, 0.05) is 25.1 Å². The van der Waals surface area contributed by atoms with Crippen LogP contribution in [0.1, 0.15) is 57.4 Å². The molecule has 0 saturated heterocycles. The Morgan fingerprint density at radius 3 is 2.71 bits per heavy atom. The zero-order valence-corrected chi connectivity index (χ0v) is 13.4. The van der Waals surface area contributed by atoms with Gasteiger partial charge in [-0.15, -0.1) is 5.10 Å². The van der Waals surface area contributed by atoms with Gasteiger partial charge < -0.3 is 5.32 Å². The van der Waals surface area contributed by atoms with Crippen LogP contribution >= 0.6 is 0 Å². The summed E-state index contributed by atoms with van der Waals surface area (Å²) in [5.74, 6) is 2.68. The number of nitrogens with one attached hydrogen (secondary N) is 1. The lowest BCUT2D eigenvalue weighted by Gasteiger charge is -2.14. The van der Waals surface area contributed by atoms with Crippen molar-refractivity contribution in [3.8, 4) is 5.82 Å². The molecule has 0 saturated carbocycles. The van der Waals surface area contributed by atoms with Crippen molar-refractivity contribution in [1.82, 2.24) is 25.1 Å². The quantitative estimate of drug-likeness (QED) is 0.851. The molecule has 0 bridgehead atoms. The fourth-order valence-electron chi connectivity index (χ4n) is 2.25. The minimum absolute atomic E-state index is 0.311. The van der Waals surface area contributed by atoms with E-state index in [1.165, 1.54) is 5.56 Å². The highest BCUT2D eigenvalue weighted by Crippen LogP contribution is 2.16. The van der Waals surface area contributed by atoms with Crippen molar-refractivity contribution < 1.29 is 0 Å². The summed E-state index contributed by atoms with van der Waals surface area (Å²) < 4.78 is 1.87. The lowest BCUT2D eigenvalue weighted by atomic mass is 10.1. The molecule has 5 nitrogen and oxygen atoms in total. The highest BCUT2D eigenvalue weighted by molar-refractivity contribution is 5.30. The smallest absolute Gasteiger partial charge is 0.155 e. The summed E-state index contributed by atoms with van der Waals surface area (Å²) in [6.45, 7) is 9.53. The molecule has 0 aliphatic heterocycles. The molecular weight excluding hydrogens is 262 g/mol. The molecule has 0 radical (unpaired) electrons. The topological polar surface area (TPSA) is 55.6 Å². The third kappa shape index (κ3) is 3.67. The minimum Gasteiger partial charge on any atom is -0.310 e. The van der Waals surface area contributed by atoms with Gasteiger partial charge in [-0.05, 0) is 37.6 Å². The van der Waals surface area contributed by atoms with Gasteiger partial charge in [0.2, 0.25) is 0 Å². The molecule has 0 aliphatic carbocycles. The summed E-state index contributed by atoms with van der Waals surface area (Å²) in [5.41, 5.74) is 1.23. The molecule has 2 aromatic heterocycles. The first-order chi connectivity index (χ1) is 10.2. The Hall–Kier alpha value is -1.75. The molecule has 5 heteroatoms. The van der Waals surface area contributed by atoms with Gasteiger partial charge in [0.25, 0.3) is 0 Å². The molecule has 1 N–H and O–H groups in total. The van der Waals surface area contributed by atoms with Crippen molar-refractivity contribution in [2.24, 2.45) is 0 Å². The fourth-order valence-corrected chi connectivity index (χ4v) is 2.25. The van der Waals surface area contributed by atoms with Crippen LogP contribution in [-0.4, -0.2) is 26.3 Å². The molecule has 21 heavy (non-hydrogen) atoms. The molecule has 114 valence electrons. The number of aromatic nitrogens is 4. The van der Waals surface area contributed by atoms with E-state index in [0.717, 1.165) is 43.3 Å². The van der Waals surface area contributed by atoms with Crippen LogP contribution in [-0.2, 0) is 12.8 Å².